The molecule has 0 saturated carbocycles. The van der Waals surface area contributed by atoms with Crippen molar-refractivity contribution in [3.8, 4) is 55.6 Å². The van der Waals surface area contributed by atoms with Gasteiger partial charge in [0.2, 0.25) is 0 Å². The van der Waals surface area contributed by atoms with Crippen molar-refractivity contribution in [1.82, 2.24) is 0 Å². The fraction of sp³-hybridized carbons (Fsp3) is 0.0857. The third-order valence-electron chi connectivity index (χ3n) is 7.14. The second-order valence-electron chi connectivity index (χ2n) is 9.59. The normalized spacial score (nSPS) is 11.3. The Balaban J connectivity index is 1.72. The van der Waals surface area contributed by atoms with Crippen molar-refractivity contribution >= 4 is 0 Å². The Bertz CT molecular complexity index is 1520. The molecular formula is C35H28. The van der Waals surface area contributed by atoms with Crippen molar-refractivity contribution in [3.05, 3.63) is 132 Å². The monoisotopic (exact) mass is 448 g/mol. The zero-order chi connectivity index (χ0) is 23.9. The molecule has 0 atom stereocenters. The van der Waals surface area contributed by atoms with Gasteiger partial charge in [0.05, 0.1) is 0 Å². The molecule has 0 N–H and O–H groups in total. The van der Waals surface area contributed by atoms with Gasteiger partial charge in [-0.05, 0) is 99.7 Å². The summed E-state index contributed by atoms with van der Waals surface area (Å²) in [6.07, 6.45) is 0. The van der Waals surface area contributed by atoms with Crippen molar-refractivity contribution in [1.29, 1.82) is 0 Å². The molecular weight excluding hydrogens is 420 g/mol. The molecule has 35 heavy (non-hydrogen) atoms. The Morgan fingerprint density at radius 2 is 0.857 bits per heavy atom. The van der Waals surface area contributed by atoms with Crippen LogP contribution in [0, 0.1) is 20.8 Å². The van der Waals surface area contributed by atoms with Gasteiger partial charge in [0.1, 0.15) is 0 Å². The summed E-state index contributed by atoms with van der Waals surface area (Å²) >= 11 is 0. The van der Waals surface area contributed by atoms with Crippen LogP contribution in [0.4, 0.5) is 0 Å². The van der Waals surface area contributed by atoms with Crippen LogP contribution in [0.5, 0.6) is 0 Å². The van der Waals surface area contributed by atoms with Gasteiger partial charge in [-0.25, -0.2) is 0 Å². The summed E-state index contributed by atoms with van der Waals surface area (Å²) < 4.78 is 0. The summed E-state index contributed by atoms with van der Waals surface area (Å²) in [5.74, 6) is 0. The maximum atomic E-state index is 2.40. The van der Waals surface area contributed by atoms with Gasteiger partial charge in [-0.3, -0.25) is 0 Å². The molecule has 0 heteroatoms. The van der Waals surface area contributed by atoms with Crippen LogP contribution in [-0.4, -0.2) is 0 Å². The summed E-state index contributed by atoms with van der Waals surface area (Å²) in [5.41, 5.74) is 16.7. The Morgan fingerprint density at radius 3 is 1.43 bits per heavy atom. The van der Waals surface area contributed by atoms with Crippen LogP contribution in [0.1, 0.15) is 16.7 Å². The van der Waals surface area contributed by atoms with Gasteiger partial charge in [0, 0.05) is 0 Å². The molecule has 0 radical (unpaired) electrons. The van der Waals surface area contributed by atoms with E-state index in [9.17, 15) is 0 Å². The van der Waals surface area contributed by atoms with E-state index in [0.29, 0.717) is 0 Å². The smallest absolute Gasteiger partial charge is 0.00733 e. The van der Waals surface area contributed by atoms with Gasteiger partial charge in [0.25, 0.3) is 0 Å². The topological polar surface area (TPSA) is 0 Å². The second-order valence-corrected chi connectivity index (χ2v) is 9.59. The average molecular weight is 449 g/mol. The molecule has 6 rings (SSSR count). The van der Waals surface area contributed by atoms with Crippen LogP contribution in [0.15, 0.2) is 115 Å². The van der Waals surface area contributed by atoms with Crippen LogP contribution in [-0.2, 0) is 0 Å². The molecule has 0 fully saturated rings. The molecule has 2 aromatic rings. The summed E-state index contributed by atoms with van der Waals surface area (Å²) in [7, 11) is 0. The van der Waals surface area contributed by atoms with E-state index in [1.165, 1.54) is 72.3 Å². The van der Waals surface area contributed by atoms with Crippen LogP contribution >= 0.6 is 0 Å². The van der Waals surface area contributed by atoms with Crippen molar-refractivity contribution in [2.24, 2.45) is 0 Å². The molecule has 2 aromatic carbocycles. The molecule has 0 aliphatic heterocycles. The lowest BCUT2D eigenvalue weighted by Gasteiger charge is -2.08. The summed E-state index contributed by atoms with van der Waals surface area (Å²) in [6, 6.07) is 42.3. The highest BCUT2D eigenvalue weighted by molar-refractivity contribution is 5.98. The van der Waals surface area contributed by atoms with E-state index in [2.05, 4.69) is 136 Å². The Labute approximate surface area is 208 Å². The van der Waals surface area contributed by atoms with Gasteiger partial charge in [-0.2, -0.15) is 0 Å². The number of benzene rings is 2. The van der Waals surface area contributed by atoms with Crippen LogP contribution < -0.4 is 0 Å². The minimum absolute atomic E-state index is 1.24. The molecule has 4 aliphatic rings. The molecule has 0 heterocycles. The van der Waals surface area contributed by atoms with Gasteiger partial charge in [0.15, 0.2) is 0 Å². The largest absolute Gasteiger partial charge is 0.0622 e. The highest BCUT2D eigenvalue weighted by Crippen LogP contribution is 2.46. The van der Waals surface area contributed by atoms with E-state index in [0.717, 1.165) is 0 Å². The molecule has 0 saturated heterocycles. The number of hydrogen-bond acceptors (Lipinski definition) is 0. The molecule has 168 valence electrons. The lowest BCUT2D eigenvalue weighted by Crippen LogP contribution is -1.83. The first-order chi connectivity index (χ1) is 17.1. The van der Waals surface area contributed by atoms with Crippen LogP contribution in [0.25, 0.3) is 55.6 Å². The average Bonchev–Trinajstić information content (AvgIpc) is 3.48. The number of fused-ring (bicyclic) bond motifs is 2. The van der Waals surface area contributed by atoms with E-state index >= 15 is 0 Å². The first-order valence-corrected chi connectivity index (χ1v) is 12.3. The molecule has 0 spiro atoms. The molecule has 0 amide bonds. The minimum Gasteiger partial charge on any atom is -0.0622 e. The Kier molecular flexibility index (Phi) is 5.23. The Morgan fingerprint density at radius 1 is 0.343 bits per heavy atom. The first kappa shape index (κ1) is 21.4. The van der Waals surface area contributed by atoms with E-state index in [4.69, 9.17) is 0 Å². The van der Waals surface area contributed by atoms with Crippen molar-refractivity contribution < 1.29 is 0 Å². The molecule has 0 aromatic heterocycles. The molecule has 4 aliphatic carbocycles. The van der Waals surface area contributed by atoms with Crippen molar-refractivity contribution in [2.45, 2.75) is 20.8 Å². The van der Waals surface area contributed by atoms with E-state index in [-0.39, 0.29) is 0 Å². The van der Waals surface area contributed by atoms with E-state index in [1.54, 1.807) is 0 Å². The maximum absolute atomic E-state index is 2.40. The number of rotatable bonds is 3. The fourth-order valence-electron chi connectivity index (χ4n) is 5.61. The Hall–Kier alpha value is -4.16. The lowest BCUT2D eigenvalue weighted by atomic mass is 9.96. The zero-order valence-corrected chi connectivity index (χ0v) is 20.5. The third kappa shape index (κ3) is 3.72. The predicted octanol–water partition coefficient (Wildman–Crippen LogP) is 9.82. The van der Waals surface area contributed by atoms with E-state index in [1.807, 2.05) is 0 Å². The minimum atomic E-state index is 1.24. The molecule has 0 bridgehead atoms. The summed E-state index contributed by atoms with van der Waals surface area (Å²) in [5, 5.41) is 0. The van der Waals surface area contributed by atoms with Gasteiger partial charge >= 0.3 is 0 Å². The quantitative estimate of drug-likeness (QED) is 0.253. The summed E-state index contributed by atoms with van der Waals surface area (Å²) in [4.78, 5) is 0. The lowest BCUT2D eigenvalue weighted by molar-refractivity contribution is 1.42. The highest BCUT2D eigenvalue weighted by Gasteiger charge is 2.20. The molecule has 0 nitrogen and oxygen atoms in total. The summed E-state index contributed by atoms with van der Waals surface area (Å²) in [6.45, 7) is 6.66. The van der Waals surface area contributed by atoms with Crippen LogP contribution in [0.2, 0.25) is 0 Å². The SMILES string of the molecule is Cc1cc(C)c2ccc(-c3cc(-c4ccccc4)c4cccc-4c(-c4ccccc4)c3)c-2c(C)c1. The van der Waals surface area contributed by atoms with Crippen LogP contribution in [0.3, 0.4) is 0 Å². The van der Waals surface area contributed by atoms with Gasteiger partial charge in [-0.15, -0.1) is 0 Å². The third-order valence-corrected chi connectivity index (χ3v) is 7.14. The van der Waals surface area contributed by atoms with Crippen molar-refractivity contribution in [3.63, 3.8) is 0 Å². The molecule has 0 unspecified atom stereocenters. The number of aryl methyl sites for hydroxylation is 3. The number of hydrogen-bond donors (Lipinski definition) is 0. The van der Waals surface area contributed by atoms with Gasteiger partial charge in [-0.1, -0.05) is 109 Å². The fourth-order valence-corrected chi connectivity index (χ4v) is 5.61. The van der Waals surface area contributed by atoms with Gasteiger partial charge < -0.3 is 0 Å². The standard InChI is InChI=1S/C35H28/c1-23-19-24(2)29-17-18-30(35(29)25(3)20-23)28-21-33(26-11-6-4-7-12-26)31-15-10-16-32(31)34(22-28)27-13-8-5-9-14-27/h4-22H,1-3H3. The highest BCUT2D eigenvalue weighted by atomic mass is 14.2. The maximum Gasteiger partial charge on any atom is -0.00733 e. The van der Waals surface area contributed by atoms with Crippen molar-refractivity contribution in [2.75, 3.05) is 0 Å². The zero-order valence-electron chi connectivity index (χ0n) is 20.5. The predicted molar refractivity (Wildman–Crippen MR) is 150 cm³/mol. The first-order valence-electron chi connectivity index (χ1n) is 12.3. The second kappa shape index (κ2) is 8.56. The van der Waals surface area contributed by atoms with E-state index < -0.39 is 0 Å².